The molecule has 6 heteroatoms. The monoisotopic (exact) mass is 306 g/mol. The van der Waals surface area contributed by atoms with Gasteiger partial charge in [-0.05, 0) is 24.1 Å². The van der Waals surface area contributed by atoms with E-state index in [1.165, 1.54) is 12.1 Å². The lowest BCUT2D eigenvalue weighted by atomic mass is 10.1. The Bertz CT molecular complexity index is 627. The molecule has 0 radical (unpaired) electrons. The number of rotatable bonds is 6. The number of aryl methyl sites for hydroxylation is 1. The van der Waals surface area contributed by atoms with Crippen LogP contribution in [0.25, 0.3) is 0 Å². The Morgan fingerprint density at radius 2 is 1.57 bits per heavy atom. The van der Waals surface area contributed by atoms with Crippen LogP contribution in [0.2, 0.25) is 0 Å². The topological polar surface area (TPSA) is 72.8 Å². The van der Waals surface area contributed by atoms with Crippen molar-refractivity contribution in [2.75, 3.05) is 0 Å². The molecule has 0 saturated heterocycles. The molecule has 0 saturated carbocycles. The summed E-state index contributed by atoms with van der Waals surface area (Å²) in [5.74, 6) is -0.611. The predicted molar refractivity (Wildman–Crippen MR) is 77.8 cm³/mol. The van der Waals surface area contributed by atoms with Crippen molar-refractivity contribution in [1.29, 1.82) is 0 Å². The molecule has 110 valence electrons. The Hall–Kier alpha value is -2.10. The van der Waals surface area contributed by atoms with Crippen molar-refractivity contribution in [3.63, 3.8) is 0 Å². The fourth-order valence-corrected chi connectivity index (χ4v) is 2.47. The molecule has 1 atom stereocenters. The smallest absolute Gasteiger partial charge is 0.395 e. The molecule has 0 aliphatic carbocycles. The molecule has 2 aromatic carbocycles. The van der Waals surface area contributed by atoms with Gasteiger partial charge in [-0.2, -0.15) is 0 Å². The minimum atomic E-state index is -4.44. The lowest BCUT2D eigenvalue weighted by Crippen LogP contribution is -2.07. The van der Waals surface area contributed by atoms with Gasteiger partial charge < -0.3 is 9.05 Å². The quantitative estimate of drug-likeness (QED) is 0.829. The molecule has 5 nitrogen and oxygen atoms in total. The number of phosphoric ester groups is 1. The van der Waals surface area contributed by atoms with E-state index >= 15 is 0 Å². The largest absolute Gasteiger partial charge is 0.587 e. The van der Waals surface area contributed by atoms with E-state index in [2.05, 4.69) is 4.52 Å². The van der Waals surface area contributed by atoms with E-state index in [9.17, 15) is 14.3 Å². The summed E-state index contributed by atoms with van der Waals surface area (Å²) in [7, 11) is -4.44. The molecular weight excluding hydrogens is 291 g/mol. The maximum absolute atomic E-state index is 11.7. The molecule has 1 unspecified atom stereocenters. The van der Waals surface area contributed by atoms with E-state index < -0.39 is 13.8 Å². The molecule has 0 amide bonds. The Morgan fingerprint density at radius 3 is 2.19 bits per heavy atom. The SMILES string of the molecule is O=C(CCc1ccccc1)OP(=O)(O)Oc1ccccc1. The summed E-state index contributed by atoms with van der Waals surface area (Å²) in [4.78, 5) is 21.1. The lowest BCUT2D eigenvalue weighted by Gasteiger charge is -2.12. The fourth-order valence-electron chi connectivity index (χ4n) is 1.70. The van der Waals surface area contributed by atoms with E-state index in [4.69, 9.17) is 4.52 Å². The van der Waals surface area contributed by atoms with Crippen molar-refractivity contribution in [1.82, 2.24) is 0 Å². The fraction of sp³-hybridized carbons (Fsp3) is 0.133. The maximum atomic E-state index is 11.7. The van der Waals surface area contributed by atoms with Crippen LogP contribution in [-0.2, 0) is 20.3 Å². The summed E-state index contributed by atoms with van der Waals surface area (Å²) in [5, 5.41) is 0. The van der Waals surface area contributed by atoms with E-state index in [1.807, 2.05) is 30.3 Å². The van der Waals surface area contributed by atoms with Crippen molar-refractivity contribution in [2.24, 2.45) is 0 Å². The number of benzene rings is 2. The van der Waals surface area contributed by atoms with Gasteiger partial charge >= 0.3 is 13.8 Å². The summed E-state index contributed by atoms with van der Waals surface area (Å²) >= 11 is 0. The third-order valence-electron chi connectivity index (χ3n) is 2.64. The second kappa shape index (κ2) is 7.07. The molecular formula is C15H15O5P. The van der Waals surface area contributed by atoms with Gasteiger partial charge in [0.2, 0.25) is 0 Å². The van der Waals surface area contributed by atoms with Gasteiger partial charge in [0.1, 0.15) is 5.75 Å². The zero-order chi connectivity index (χ0) is 15.1. The van der Waals surface area contributed by atoms with E-state index in [-0.39, 0.29) is 12.2 Å². The Morgan fingerprint density at radius 1 is 1.00 bits per heavy atom. The first-order chi connectivity index (χ1) is 10.1. The van der Waals surface area contributed by atoms with Crippen molar-refractivity contribution in [3.8, 4) is 5.75 Å². The van der Waals surface area contributed by atoms with Crippen LogP contribution in [0.3, 0.4) is 0 Å². The summed E-state index contributed by atoms with van der Waals surface area (Å²) in [6.07, 6.45) is 0.442. The molecule has 0 aromatic heterocycles. The highest BCUT2D eigenvalue weighted by Gasteiger charge is 2.27. The first-order valence-corrected chi connectivity index (χ1v) is 7.88. The number of para-hydroxylation sites is 1. The standard InChI is InChI=1S/C15H15O5P/c16-15(12-11-13-7-3-1-4-8-13)20-21(17,18)19-14-9-5-2-6-10-14/h1-10H,11-12H2,(H,17,18). The summed E-state index contributed by atoms with van der Waals surface area (Å²) in [6.45, 7) is 0. The van der Waals surface area contributed by atoms with Gasteiger partial charge in [-0.3, -0.25) is 9.69 Å². The van der Waals surface area contributed by atoms with Crippen LogP contribution in [-0.4, -0.2) is 10.9 Å². The highest BCUT2D eigenvalue weighted by molar-refractivity contribution is 7.48. The first-order valence-electron chi connectivity index (χ1n) is 6.39. The van der Waals surface area contributed by atoms with Gasteiger partial charge in [0.25, 0.3) is 0 Å². The molecule has 0 aliphatic heterocycles. The van der Waals surface area contributed by atoms with Gasteiger partial charge in [0.15, 0.2) is 0 Å². The van der Waals surface area contributed by atoms with Crippen molar-refractivity contribution in [3.05, 3.63) is 66.2 Å². The van der Waals surface area contributed by atoms with Crippen LogP contribution in [0.1, 0.15) is 12.0 Å². The lowest BCUT2D eigenvalue weighted by molar-refractivity contribution is -0.135. The average Bonchev–Trinajstić information content (AvgIpc) is 2.46. The zero-order valence-corrected chi connectivity index (χ0v) is 12.1. The summed E-state index contributed by atoms with van der Waals surface area (Å²) in [5.41, 5.74) is 0.950. The first kappa shape index (κ1) is 15.3. The van der Waals surface area contributed by atoms with E-state index in [0.29, 0.717) is 6.42 Å². The van der Waals surface area contributed by atoms with Crippen LogP contribution >= 0.6 is 7.82 Å². The number of hydrogen-bond donors (Lipinski definition) is 1. The van der Waals surface area contributed by atoms with Crippen molar-refractivity contribution in [2.45, 2.75) is 12.8 Å². The highest BCUT2D eigenvalue weighted by atomic mass is 31.2. The highest BCUT2D eigenvalue weighted by Crippen LogP contribution is 2.44. The average molecular weight is 306 g/mol. The van der Waals surface area contributed by atoms with Crippen LogP contribution in [0.5, 0.6) is 5.75 Å². The molecule has 0 bridgehead atoms. The molecule has 2 rings (SSSR count). The minimum absolute atomic E-state index is 0.00666. The van der Waals surface area contributed by atoms with E-state index in [0.717, 1.165) is 5.56 Å². The maximum Gasteiger partial charge on any atom is 0.587 e. The summed E-state index contributed by atoms with van der Waals surface area (Å²) < 4.78 is 21.0. The third kappa shape index (κ3) is 5.42. The van der Waals surface area contributed by atoms with Crippen molar-refractivity contribution < 1.29 is 23.3 Å². The van der Waals surface area contributed by atoms with Gasteiger partial charge in [0, 0.05) is 6.42 Å². The normalized spacial score (nSPS) is 13.2. The van der Waals surface area contributed by atoms with Crippen LogP contribution in [0.4, 0.5) is 0 Å². The van der Waals surface area contributed by atoms with Crippen molar-refractivity contribution >= 4 is 13.8 Å². The molecule has 1 N–H and O–H groups in total. The molecule has 0 spiro atoms. The third-order valence-corrected chi connectivity index (χ3v) is 3.52. The van der Waals surface area contributed by atoms with Crippen LogP contribution in [0.15, 0.2) is 60.7 Å². The van der Waals surface area contributed by atoms with Gasteiger partial charge in [-0.1, -0.05) is 48.5 Å². The molecule has 2 aromatic rings. The second-order valence-electron chi connectivity index (χ2n) is 4.32. The molecule has 0 heterocycles. The Labute approximate surface area is 122 Å². The number of carbonyl (C=O) groups is 1. The van der Waals surface area contributed by atoms with E-state index in [1.54, 1.807) is 18.2 Å². The molecule has 0 fully saturated rings. The molecule has 21 heavy (non-hydrogen) atoms. The second-order valence-corrected chi connectivity index (χ2v) is 5.62. The number of carbonyl (C=O) groups excluding carboxylic acids is 1. The van der Waals surface area contributed by atoms with Crippen LogP contribution < -0.4 is 4.52 Å². The number of hydrogen-bond acceptors (Lipinski definition) is 4. The Kier molecular flexibility index (Phi) is 5.14. The zero-order valence-electron chi connectivity index (χ0n) is 11.2. The number of phosphoric acid groups is 1. The Balaban J connectivity index is 1.85. The predicted octanol–water partition coefficient (Wildman–Crippen LogP) is 3.34. The minimum Gasteiger partial charge on any atom is -0.395 e. The summed E-state index contributed by atoms with van der Waals surface area (Å²) in [6, 6.07) is 17.4. The molecule has 0 aliphatic rings. The van der Waals surface area contributed by atoms with Gasteiger partial charge in [-0.15, -0.1) is 0 Å². The van der Waals surface area contributed by atoms with Gasteiger partial charge in [0.05, 0.1) is 0 Å². The van der Waals surface area contributed by atoms with Gasteiger partial charge in [-0.25, -0.2) is 4.57 Å². The van der Waals surface area contributed by atoms with Crippen LogP contribution in [0, 0.1) is 0 Å².